The number of hydrogen-bond donors (Lipinski definition) is 1. The van der Waals surface area contributed by atoms with Gasteiger partial charge >= 0.3 is 6.03 Å². The molecule has 0 fully saturated rings. The highest BCUT2D eigenvalue weighted by Crippen LogP contribution is 2.36. The number of benzene rings is 2. The number of fused-ring (bicyclic) bond motifs is 2. The third kappa shape index (κ3) is 4.05. The van der Waals surface area contributed by atoms with Crippen molar-refractivity contribution in [3.63, 3.8) is 0 Å². The number of urea groups is 1. The van der Waals surface area contributed by atoms with E-state index in [0.29, 0.717) is 28.6 Å². The van der Waals surface area contributed by atoms with Crippen LogP contribution in [0, 0.1) is 0 Å². The SMILES string of the molecule is COc1cccc(NC(=O)N(Cc2nnc3n2CCCCC3)c2ccc3c(c2)OCO3)c1. The average molecular weight is 435 g/mol. The van der Waals surface area contributed by atoms with Gasteiger partial charge in [0.1, 0.15) is 11.6 Å². The highest BCUT2D eigenvalue weighted by atomic mass is 16.7. The Balaban J connectivity index is 1.46. The summed E-state index contributed by atoms with van der Waals surface area (Å²) in [5.74, 6) is 3.69. The Labute approximate surface area is 185 Å². The van der Waals surface area contributed by atoms with Crippen molar-refractivity contribution in [3.8, 4) is 17.2 Å². The lowest BCUT2D eigenvalue weighted by Crippen LogP contribution is -2.35. The molecule has 0 saturated heterocycles. The molecule has 0 radical (unpaired) electrons. The number of aryl methyl sites for hydroxylation is 1. The molecule has 1 aromatic heterocycles. The third-order valence-electron chi connectivity index (χ3n) is 5.72. The van der Waals surface area contributed by atoms with Gasteiger partial charge in [-0.1, -0.05) is 12.5 Å². The Kier molecular flexibility index (Phi) is 5.53. The summed E-state index contributed by atoms with van der Waals surface area (Å²) in [6.07, 6.45) is 4.27. The quantitative estimate of drug-likeness (QED) is 0.652. The van der Waals surface area contributed by atoms with Gasteiger partial charge in [-0.25, -0.2) is 4.79 Å². The first-order valence-corrected chi connectivity index (χ1v) is 10.7. The molecule has 0 aliphatic carbocycles. The minimum absolute atomic E-state index is 0.173. The third-order valence-corrected chi connectivity index (χ3v) is 5.72. The standard InChI is InChI=1S/C23H25N5O4/c1-30-18-7-5-6-16(12-18)24-23(29)28(17-9-10-19-20(13-17)32-15-31-19)14-22-26-25-21-8-3-2-4-11-27(21)22/h5-7,9-10,12-13H,2-4,8,11,14-15H2,1H3,(H,24,29). The number of carbonyl (C=O) groups is 1. The minimum Gasteiger partial charge on any atom is -0.497 e. The molecule has 3 aromatic rings. The molecule has 1 N–H and O–H groups in total. The summed E-state index contributed by atoms with van der Waals surface area (Å²) in [7, 11) is 1.59. The van der Waals surface area contributed by atoms with Crippen molar-refractivity contribution in [1.82, 2.24) is 14.8 Å². The molecule has 0 atom stereocenters. The summed E-state index contributed by atoms with van der Waals surface area (Å²) in [6.45, 7) is 1.32. The van der Waals surface area contributed by atoms with E-state index in [0.717, 1.165) is 37.5 Å². The van der Waals surface area contributed by atoms with Crippen LogP contribution in [0.25, 0.3) is 0 Å². The number of rotatable bonds is 5. The lowest BCUT2D eigenvalue weighted by atomic mass is 10.2. The van der Waals surface area contributed by atoms with Crippen molar-refractivity contribution in [3.05, 3.63) is 54.1 Å². The van der Waals surface area contributed by atoms with Crippen LogP contribution >= 0.6 is 0 Å². The van der Waals surface area contributed by atoms with Crippen molar-refractivity contribution >= 4 is 17.4 Å². The number of amides is 2. The number of hydrogen-bond acceptors (Lipinski definition) is 6. The van der Waals surface area contributed by atoms with Crippen LogP contribution < -0.4 is 24.4 Å². The number of anilines is 2. The molecule has 9 heteroatoms. The van der Waals surface area contributed by atoms with Crippen LogP contribution in [-0.2, 0) is 19.5 Å². The summed E-state index contributed by atoms with van der Waals surface area (Å²) in [5, 5.41) is 11.8. The molecule has 2 aromatic carbocycles. The van der Waals surface area contributed by atoms with E-state index in [9.17, 15) is 4.79 Å². The monoisotopic (exact) mass is 435 g/mol. The van der Waals surface area contributed by atoms with Gasteiger partial charge in [0.25, 0.3) is 0 Å². The van der Waals surface area contributed by atoms with Crippen LogP contribution in [0.15, 0.2) is 42.5 Å². The molecule has 166 valence electrons. The first-order valence-electron chi connectivity index (χ1n) is 10.7. The van der Waals surface area contributed by atoms with E-state index in [-0.39, 0.29) is 19.4 Å². The Hall–Kier alpha value is -3.75. The fourth-order valence-electron chi connectivity index (χ4n) is 4.03. The number of methoxy groups -OCH3 is 1. The zero-order chi connectivity index (χ0) is 21.9. The van der Waals surface area contributed by atoms with Crippen LogP contribution in [0.4, 0.5) is 16.2 Å². The molecule has 0 spiro atoms. The van der Waals surface area contributed by atoms with Gasteiger partial charge in [0, 0.05) is 36.5 Å². The van der Waals surface area contributed by atoms with E-state index < -0.39 is 0 Å². The maximum Gasteiger partial charge on any atom is 0.326 e. The molecular weight excluding hydrogens is 410 g/mol. The molecule has 0 unspecified atom stereocenters. The van der Waals surface area contributed by atoms with Gasteiger partial charge in [0.15, 0.2) is 17.3 Å². The van der Waals surface area contributed by atoms with E-state index >= 15 is 0 Å². The Morgan fingerprint density at radius 3 is 2.94 bits per heavy atom. The summed E-state index contributed by atoms with van der Waals surface area (Å²) >= 11 is 0. The Bertz CT molecular complexity index is 1130. The van der Waals surface area contributed by atoms with Gasteiger partial charge < -0.3 is 24.1 Å². The second kappa shape index (κ2) is 8.78. The van der Waals surface area contributed by atoms with Gasteiger partial charge in [-0.05, 0) is 37.1 Å². The topological polar surface area (TPSA) is 90.7 Å². The molecule has 3 heterocycles. The Morgan fingerprint density at radius 1 is 1.12 bits per heavy atom. The van der Waals surface area contributed by atoms with Crippen molar-refractivity contribution in [2.75, 3.05) is 24.1 Å². The van der Waals surface area contributed by atoms with Crippen LogP contribution in [0.3, 0.4) is 0 Å². The molecule has 2 amide bonds. The maximum absolute atomic E-state index is 13.4. The molecule has 2 aliphatic rings. The summed E-state index contributed by atoms with van der Waals surface area (Å²) in [4.78, 5) is 15.1. The van der Waals surface area contributed by atoms with Crippen LogP contribution in [-0.4, -0.2) is 34.7 Å². The largest absolute Gasteiger partial charge is 0.497 e. The van der Waals surface area contributed by atoms with Gasteiger partial charge in [0.2, 0.25) is 6.79 Å². The molecule has 0 saturated carbocycles. The van der Waals surface area contributed by atoms with Gasteiger partial charge in [-0.2, -0.15) is 0 Å². The molecular formula is C23H25N5O4. The highest BCUT2D eigenvalue weighted by Gasteiger charge is 2.24. The first-order chi connectivity index (χ1) is 15.7. The molecule has 9 nitrogen and oxygen atoms in total. The van der Waals surface area contributed by atoms with Crippen LogP contribution in [0.2, 0.25) is 0 Å². The van der Waals surface area contributed by atoms with Crippen LogP contribution in [0.1, 0.15) is 30.9 Å². The van der Waals surface area contributed by atoms with E-state index in [2.05, 4.69) is 20.1 Å². The smallest absolute Gasteiger partial charge is 0.326 e. The second-order valence-electron chi connectivity index (χ2n) is 7.78. The van der Waals surface area contributed by atoms with Crippen molar-refractivity contribution < 1.29 is 19.0 Å². The maximum atomic E-state index is 13.4. The van der Waals surface area contributed by atoms with E-state index in [1.807, 2.05) is 36.4 Å². The van der Waals surface area contributed by atoms with Gasteiger partial charge in [-0.15, -0.1) is 10.2 Å². The number of carbonyl (C=O) groups excluding carboxylic acids is 1. The molecule has 5 rings (SSSR count). The van der Waals surface area contributed by atoms with Crippen molar-refractivity contribution in [2.24, 2.45) is 0 Å². The zero-order valence-electron chi connectivity index (χ0n) is 17.9. The summed E-state index contributed by atoms with van der Waals surface area (Å²) < 4.78 is 18.4. The normalized spacial score (nSPS) is 14.4. The predicted octanol–water partition coefficient (Wildman–Crippen LogP) is 3.98. The highest BCUT2D eigenvalue weighted by molar-refractivity contribution is 6.01. The first kappa shape index (κ1) is 20.2. The average Bonchev–Trinajstić information content (AvgIpc) is 3.36. The predicted molar refractivity (Wildman–Crippen MR) is 118 cm³/mol. The molecule has 32 heavy (non-hydrogen) atoms. The number of nitrogens with one attached hydrogen (secondary N) is 1. The Morgan fingerprint density at radius 2 is 2.03 bits per heavy atom. The lowest BCUT2D eigenvalue weighted by Gasteiger charge is -2.23. The van der Waals surface area contributed by atoms with E-state index in [1.165, 1.54) is 6.42 Å². The minimum atomic E-state index is -0.289. The fourth-order valence-corrected chi connectivity index (χ4v) is 4.03. The van der Waals surface area contributed by atoms with E-state index in [1.54, 1.807) is 18.1 Å². The van der Waals surface area contributed by atoms with Crippen molar-refractivity contribution in [1.29, 1.82) is 0 Å². The number of nitrogens with zero attached hydrogens (tertiary/aromatic N) is 4. The number of aromatic nitrogens is 3. The van der Waals surface area contributed by atoms with E-state index in [4.69, 9.17) is 14.2 Å². The number of ether oxygens (including phenoxy) is 3. The van der Waals surface area contributed by atoms with Crippen molar-refractivity contribution in [2.45, 2.75) is 38.8 Å². The zero-order valence-corrected chi connectivity index (χ0v) is 17.9. The summed E-state index contributed by atoms with van der Waals surface area (Å²) in [5.41, 5.74) is 1.32. The second-order valence-corrected chi connectivity index (χ2v) is 7.78. The fraction of sp³-hybridized carbons (Fsp3) is 0.348. The van der Waals surface area contributed by atoms with Crippen LogP contribution in [0.5, 0.6) is 17.2 Å². The molecule has 2 aliphatic heterocycles. The van der Waals surface area contributed by atoms with Gasteiger partial charge in [-0.3, -0.25) is 4.90 Å². The summed E-state index contributed by atoms with van der Waals surface area (Å²) in [6, 6.07) is 12.4. The molecule has 0 bridgehead atoms. The van der Waals surface area contributed by atoms with Gasteiger partial charge in [0.05, 0.1) is 13.7 Å². The lowest BCUT2D eigenvalue weighted by molar-refractivity contribution is 0.174.